The van der Waals surface area contributed by atoms with Gasteiger partial charge in [0.05, 0.1) is 5.54 Å². The summed E-state index contributed by atoms with van der Waals surface area (Å²) in [6.07, 6.45) is 1.41. The van der Waals surface area contributed by atoms with Gasteiger partial charge in [-0.25, -0.2) is 9.38 Å². The predicted molar refractivity (Wildman–Crippen MR) is 126 cm³/mol. The summed E-state index contributed by atoms with van der Waals surface area (Å²) >= 11 is 0. The fourth-order valence-electron chi connectivity index (χ4n) is 4.93. The fourth-order valence-corrected chi connectivity index (χ4v) is 4.93. The van der Waals surface area contributed by atoms with Gasteiger partial charge in [-0.05, 0) is 49.8 Å². The number of benzene rings is 1. The van der Waals surface area contributed by atoms with Gasteiger partial charge >= 0.3 is 11.8 Å². The second-order valence-corrected chi connectivity index (χ2v) is 10.0. The molecule has 36 heavy (non-hydrogen) atoms. The minimum Gasteiger partial charge on any atom is -0.350 e. The first kappa shape index (κ1) is 25.4. The average molecular weight is 501 g/mol. The molecule has 11 nitrogen and oxygen atoms in total. The van der Waals surface area contributed by atoms with Crippen molar-refractivity contribution in [3.8, 4) is 0 Å². The molecule has 1 unspecified atom stereocenters. The molecule has 4 N–H and O–H groups in total. The molecule has 0 radical (unpaired) electrons. The molecule has 4 aliphatic rings. The predicted octanol–water partition coefficient (Wildman–Crippen LogP) is -0.843. The summed E-state index contributed by atoms with van der Waals surface area (Å²) in [5.41, 5.74) is 5.47. The maximum Gasteiger partial charge on any atom is 0.311 e. The van der Waals surface area contributed by atoms with Crippen molar-refractivity contribution < 1.29 is 28.4 Å². The van der Waals surface area contributed by atoms with E-state index in [4.69, 9.17) is 5.73 Å². The third-order valence-corrected chi connectivity index (χ3v) is 7.10. The number of amides is 4. The van der Waals surface area contributed by atoms with Crippen LogP contribution in [0.5, 0.6) is 0 Å². The lowest BCUT2D eigenvalue weighted by Gasteiger charge is -2.41. The van der Waals surface area contributed by atoms with Crippen LogP contribution in [-0.4, -0.2) is 82.8 Å². The Hall–Kier alpha value is -3.67. The molecular weight excluding hydrogens is 471 g/mol. The number of hydrogen-bond acceptors (Lipinski definition) is 7. The number of halogens is 1. The molecule has 1 saturated carbocycles. The summed E-state index contributed by atoms with van der Waals surface area (Å²) in [4.78, 5) is 70.7. The van der Waals surface area contributed by atoms with E-state index in [1.165, 1.54) is 26.2 Å². The Morgan fingerprint density at radius 1 is 1.19 bits per heavy atom. The smallest absolute Gasteiger partial charge is 0.311 e. The molecule has 2 bridgehead atoms. The molecule has 2 saturated heterocycles. The second-order valence-electron chi connectivity index (χ2n) is 10.0. The third-order valence-electron chi connectivity index (χ3n) is 7.10. The van der Waals surface area contributed by atoms with Crippen LogP contribution in [0.15, 0.2) is 23.2 Å². The van der Waals surface area contributed by atoms with Crippen LogP contribution in [0.3, 0.4) is 0 Å². The Bertz CT molecular complexity index is 1190. The molecule has 1 aromatic carbocycles. The SMILES string of the molecule is Cc1cc(CNC(=O)C2N=C3N(CC4(N)CCC3(NC(=O)C(=O)N(C)C)CC4)C(=O)C2=O)ccc1F. The van der Waals surface area contributed by atoms with Crippen LogP contribution < -0.4 is 16.4 Å². The van der Waals surface area contributed by atoms with Crippen molar-refractivity contribution in [2.24, 2.45) is 10.7 Å². The van der Waals surface area contributed by atoms with Gasteiger partial charge in [-0.3, -0.25) is 28.9 Å². The van der Waals surface area contributed by atoms with E-state index in [0.717, 1.165) is 9.80 Å². The van der Waals surface area contributed by atoms with E-state index < -0.39 is 46.5 Å². The highest BCUT2D eigenvalue weighted by Gasteiger charge is 2.57. The molecule has 0 aromatic heterocycles. The van der Waals surface area contributed by atoms with E-state index in [0.29, 0.717) is 24.0 Å². The number of nitrogens with two attached hydrogens (primary N) is 1. The quantitative estimate of drug-likeness (QED) is 0.362. The first-order chi connectivity index (χ1) is 16.9. The van der Waals surface area contributed by atoms with Crippen molar-refractivity contribution in [2.45, 2.75) is 56.3 Å². The van der Waals surface area contributed by atoms with Gasteiger partial charge in [0, 0.05) is 32.7 Å². The van der Waals surface area contributed by atoms with Crippen LogP contribution in [-0.2, 0) is 30.5 Å². The summed E-state index contributed by atoms with van der Waals surface area (Å²) in [5, 5.41) is 5.31. The molecule has 0 spiro atoms. The Balaban J connectivity index is 1.65. The number of aliphatic imine (C=N–C) groups is 1. The van der Waals surface area contributed by atoms with E-state index in [9.17, 15) is 28.4 Å². The number of hydrogen-bond donors (Lipinski definition) is 3. The van der Waals surface area contributed by atoms with Crippen molar-refractivity contribution in [1.29, 1.82) is 0 Å². The summed E-state index contributed by atoms with van der Waals surface area (Å²) in [6.45, 7) is 1.60. The third kappa shape index (κ3) is 4.48. The summed E-state index contributed by atoms with van der Waals surface area (Å²) in [6, 6.07) is 2.68. The van der Waals surface area contributed by atoms with E-state index in [-0.39, 0.29) is 37.6 Å². The number of likely N-dealkylation sites (N-methyl/N-ethyl adjacent to an activating group) is 1. The number of carbonyl (C=O) groups is 5. The van der Waals surface area contributed by atoms with Gasteiger partial charge in [0.1, 0.15) is 11.7 Å². The number of fused-ring (bicyclic) bond motifs is 2. The van der Waals surface area contributed by atoms with Gasteiger partial charge in [0.25, 0.3) is 17.6 Å². The number of rotatable bonds is 4. The van der Waals surface area contributed by atoms with Crippen molar-refractivity contribution in [2.75, 3.05) is 20.6 Å². The lowest BCUT2D eigenvalue weighted by Crippen LogP contribution is -2.65. The molecule has 5 rings (SSSR count). The Morgan fingerprint density at radius 3 is 2.47 bits per heavy atom. The first-order valence-corrected chi connectivity index (χ1v) is 11.7. The van der Waals surface area contributed by atoms with Gasteiger partial charge in [0.15, 0.2) is 6.04 Å². The molecule has 3 fully saturated rings. The monoisotopic (exact) mass is 500 g/mol. The largest absolute Gasteiger partial charge is 0.350 e. The Kier molecular flexibility index (Phi) is 6.41. The van der Waals surface area contributed by atoms with Crippen molar-refractivity contribution in [3.63, 3.8) is 0 Å². The zero-order valence-electron chi connectivity index (χ0n) is 20.4. The number of ketones is 1. The summed E-state index contributed by atoms with van der Waals surface area (Å²) in [5.74, 6) is -4.73. The highest BCUT2D eigenvalue weighted by molar-refractivity contribution is 6.46. The minimum absolute atomic E-state index is 0.00236. The highest BCUT2D eigenvalue weighted by atomic mass is 19.1. The van der Waals surface area contributed by atoms with Crippen LogP contribution in [0.4, 0.5) is 4.39 Å². The van der Waals surface area contributed by atoms with Crippen LogP contribution >= 0.6 is 0 Å². The maximum atomic E-state index is 13.5. The standard InChI is InChI=1S/C24H29FN6O5/c1-13-10-14(4-5-15(13)25)11-27-18(33)16-17(32)20(35)31-12-23(26)6-8-24(9-7-23,22(31)28-16)29-19(34)21(36)30(2)3/h4-5,10,16H,6-9,11-12,26H2,1-3H3,(H,27,33)(H,29,34). The molecule has 12 heteroatoms. The van der Waals surface area contributed by atoms with Gasteiger partial charge in [0.2, 0.25) is 0 Å². The number of amidine groups is 1. The van der Waals surface area contributed by atoms with Crippen LogP contribution in [0.1, 0.15) is 36.8 Å². The summed E-state index contributed by atoms with van der Waals surface area (Å²) in [7, 11) is 2.88. The van der Waals surface area contributed by atoms with Crippen LogP contribution in [0.25, 0.3) is 0 Å². The fraction of sp³-hybridized carbons (Fsp3) is 0.500. The van der Waals surface area contributed by atoms with Gasteiger partial charge < -0.3 is 21.3 Å². The molecule has 1 aromatic rings. The number of carbonyl (C=O) groups excluding carboxylic acids is 5. The Labute approximate surface area is 207 Å². The molecule has 3 heterocycles. The van der Waals surface area contributed by atoms with E-state index in [1.807, 2.05) is 0 Å². The van der Waals surface area contributed by atoms with Gasteiger partial charge in [-0.15, -0.1) is 0 Å². The van der Waals surface area contributed by atoms with Crippen molar-refractivity contribution in [3.05, 3.63) is 35.1 Å². The normalized spacial score (nSPS) is 27.1. The van der Waals surface area contributed by atoms with E-state index >= 15 is 0 Å². The summed E-state index contributed by atoms with van der Waals surface area (Å²) < 4.78 is 13.5. The van der Waals surface area contributed by atoms with Crippen molar-refractivity contribution in [1.82, 2.24) is 20.4 Å². The number of nitrogens with zero attached hydrogens (tertiary/aromatic N) is 3. The van der Waals surface area contributed by atoms with E-state index in [2.05, 4.69) is 15.6 Å². The average Bonchev–Trinajstić information content (AvgIpc) is 3.03. The molecule has 1 atom stereocenters. The number of Topliss-reactive ketones (excluding diaryl/α,β-unsaturated/α-hetero) is 1. The first-order valence-electron chi connectivity index (χ1n) is 11.7. The van der Waals surface area contributed by atoms with Crippen LogP contribution in [0, 0.1) is 12.7 Å². The molecule has 192 valence electrons. The molecule has 4 amide bonds. The van der Waals surface area contributed by atoms with Crippen LogP contribution in [0.2, 0.25) is 0 Å². The lowest BCUT2D eigenvalue weighted by molar-refractivity contribution is -0.146. The topological polar surface area (TPSA) is 154 Å². The number of nitrogens with one attached hydrogen (secondary N) is 2. The Morgan fingerprint density at radius 2 is 1.86 bits per heavy atom. The zero-order chi connectivity index (χ0) is 26.4. The van der Waals surface area contributed by atoms with Gasteiger partial charge in [-0.2, -0.15) is 0 Å². The molecular formula is C24H29FN6O5. The lowest BCUT2D eigenvalue weighted by atomic mass is 9.74. The van der Waals surface area contributed by atoms with Gasteiger partial charge in [-0.1, -0.05) is 12.1 Å². The second kappa shape index (κ2) is 9.08. The van der Waals surface area contributed by atoms with E-state index in [1.54, 1.807) is 13.0 Å². The van der Waals surface area contributed by atoms with Crippen molar-refractivity contribution >= 4 is 35.2 Å². The highest BCUT2D eigenvalue weighted by Crippen LogP contribution is 2.41. The zero-order valence-corrected chi connectivity index (χ0v) is 20.4. The molecule has 3 aliphatic heterocycles. The molecule has 1 aliphatic carbocycles. The maximum absolute atomic E-state index is 13.5. The minimum atomic E-state index is -1.66. The number of aryl methyl sites for hydroxylation is 1.